The van der Waals surface area contributed by atoms with Crippen molar-refractivity contribution >= 4 is 34.9 Å². The van der Waals surface area contributed by atoms with Crippen molar-refractivity contribution in [2.24, 2.45) is 0 Å². The van der Waals surface area contributed by atoms with Gasteiger partial charge < -0.3 is 11.1 Å². The van der Waals surface area contributed by atoms with Gasteiger partial charge in [0.25, 0.3) is 0 Å². The summed E-state index contributed by atoms with van der Waals surface area (Å²) in [6.45, 7) is 1.69. The second-order valence-electron chi connectivity index (χ2n) is 3.99. The number of carbonyl (C=O) groups excluding carboxylic acids is 2. The number of imide groups is 1. The van der Waals surface area contributed by atoms with Crippen molar-refractivity contribution in [3.63, 3.8) is 0 Å². The highest BCUT2D eigenvalue weighted by Crippen LogP contribution is 2.22. The molecule has 1 aliphatic heterocycles. The predicted molar refractivity (Wildman–Crippen MR) is 66.0 cm³/mol. The van der Waals surface area contributed by atoms with Crippen LogP contribution >= 0.6 is 11.6 Å². The van der Waals surface area contributed by atoms with Gasteiger partial charge >= 0.3 is 0 Å². The quantitative estimate of drug-likeness (QED) is 0.524. The summed E-state index contributed by atoms with van der Waals surface area (Å²) < 4.78 is 0. The number of nitrogen functional groups attached to an aromatic ring is 1. The number of piperidine rings is 1. The average molecular weight is 270 g/mol. The number of anilines is 2. The Morgan fingerprint density at radius 2 is 2.17 bits per heavy atom. The Kier molecular flexibility index (Phi) is 3.33. The molecule has 0 radical (unpaired) electrons. The maximum atomic E-state index is 11.6. The lowest BCUT2D eigenvalue weighted by molar-refractivity contribution is -0.133. The number of nitrogens with zero attached hydrogens (tertiary/aromatic N) is 2. The molecule has 1 aromatic rings. The highest BCUT2D eigenvalue weighted by atomic mass is 35.5. The first-order valence-corrected chi connectivity index (χ1v) is 5.75. The Balaban J connectivity index is 2.19. The number of halogens is 1. The Morgan fingerprint density at radius 3 is 2.83 bits per heavy atom. The molecule has 7 nitrogen and oxygen atoms in total. The third-order valence-electron chi connectivity index (χ3n) is 2.66. The molecular formula is C10H12ClN5O2. The van der Waals surface area contributed by atoms with E-state index in [2.05, 4.69) is 20.6 Å². The zero-order valence-corrected chi connectivity index (χ0v) is 10.4. The smallest absolute Gasteiger partial charge is 0.249 e. The standard InChI is InChI=1S/C10H12ClN5O2/c1-4-7(12)8(16-10(11)13-4)14-5-2-3-6(17)15-9(5)18/h5H,2-3,12H2,1H3,(H,13,14,16)(H,15,17,18). The van der Waals surface area contributed by atoms with Gasteiger partial charge in [-0.2, -0.15) is 4.98 Å². The minimum atomic E-state index is -0.546. The second-order valence-corrected chi connectivity index (χ2v) is 4.33. The molecule has 4 N–H and O–H groups in total. The number of hydrogen-bond acceptors (Lipinski definition) is 6. The summed E-state index contributed by atoms with van der Waals surface area (Å²) in [4.78, 5) is 30.4. The monoisotopic (exact) mass is 269 g/mol. The number of rotatable bonds is 2. The van der Waals surface area contributed by atoms with Crippen LogP contribution < -0.4 is 16.4 Å². The molecule has 18 heavy (non-hydrogen) atoms. The number of aryl methyl sites for hydroxylation is 1. The zero-order chi connectivity index (χ0) is 13.3. The largest absolute Gasteiger partial charge is 0.394 e. The molecule has 0 spiro atoms. The first-order valence-electron chi connectivity index (χ1n) is 5.37. The molecule has 2 heterocycles. The molecule has 1 saturated heterocycles. The van der Waals surface area contributed by atoms with E-state index in [1.807, 2.05) is 0 Å². The molecule has 0 aromatic carbocycles. The molecule has 96 valence electrons. The van der Waals surface area contributed by atoms with E-state index in [9.17, 15) is 9.59 Å². The summed E-state index contributed by atoms with van der Waals surface area (Å²) >= 11 is 5.73. The molecule has 0 bridgehead atoms. The van der Waals surface area contributed by atoms with Crippen LogP contribution in [0.4, 0.5) is 11.5 Å². The van der Waals surface area contributed by atoms with Crippen LogP contribution in [0, 0.1) is 6.92 Å². The molecule has 1 unspecified atom stereocenters. The summed E-state index contributed by atoms with van der Waals surface area (Å²) in [6.07, 6.45) is 0.673. The lowest BCUT2D eigenvalue weighted by atomic mass is 10.1. The fourth-order valence-corrected chi connectivity index (χ4v) is 1.87. The Labute approximate surface area is 108 Å². The third-order valence-corrected chi connectivity index (χ3v) is 2.83. The van der Waals surface area contributed by atoms with E-state index in [1.54, 1.807) is 6.92 Å². The van der Waals surface area contributed by atoms with Crippen LogP contribution in [0.3, 0.4) is 0 Å². The van der Waals surface area contributed by atoms with Crippen molar-refractivity contribution in [2.75, 3.05) is 11.1 Å². The van der Waals surface area contributed by atoms with Crippen LogP contribution in [-0.4, -0.2) is 27.8 Å². The molecule has 1 fully saturated rings. The van der Waals surface area contributed by atoms with Gasteiger partial charge in [0, 0.05) is 6.42 Å². The summed E-state index contributed by atoms with van der Waals surface area (Å²) in [5, 5.41) is 5.17. The van der Waals surface area contributed by atoms with Gasteiger partial charge in [-0.05, 0) is 24.9 Å². The van der Waals surface area contributed by atoms with Gasteiger partial charge in [-0.25, -0.2) is 4.98 Å². The summed E-state index contributed by atoms with van der Waals surface area (Å²) in [7, 11) is 0. The first-order chi connectivity index (χ1) is 8.47. The molecule has 8 heteroatoms. The molecule has 2 rings (SSSR count). The number of aromatic nitrogens is 2. The fraction of sp³-hybridized carbons (Fsp3) is 0.400. The van der Waals surface area contributed by atoms with Crippen molar-refractivity contribution in [3.05, 3.63) is 11.0 Å². The van der Waals surface area contributed by atoms with Gasteiger partial charge in [0.1, 0.15) is 6.04 Å². The zero-order valence-electron chi connectivity index (χ0n) is 9.66. The predicted octanol–water partition coefficient (Wildman–Crippen LogP) is 0.238. The van der Waals surface area contributed by atoms with E-state index >= 15 is 0 Å². The van der Waals surface area contributed by atoms with Crippen LogP contribution in [-0.2, 0) is 9.59 Å². The molecule has 0 aliphatic carbocycles. The van der Waals surface area contributed by atoms with Gasteiger partial charge in [-0.15, -0.1) is 0 Å². The second kappa shape index (κ2) is 4.77. The van der Waals surface area contributed by atoms with Crippen LogP contribution in [0.25, 0.3) is 0 Å². The number of amides is 2. The van der Waals surface area contributed by atoms with E-state index < -0.39 is 11.9 Å². The normalized spacial score (nSPS) is 19.6. The minimum Gasteiger partial charge on any atom is -0.394 e. The maximum absolute atomic E-state index is 11.6. The van der Waals surface area contributed by atoms with E-state index in [4.69, 9.17) is 17.3 Å². The number of nitrogens with two attached hydrogens (primary N) is 1. The fourth-order valence-electron chi connectivity index (χ4n) is 1.65. The van der Waals surface area contributed by atoms with Gasteiger partial charge in [0.05, 0.1) is 11.4 Å². The maximum Gasteiger partial charge on any atom is 0.249 e. The van der Waals surface area contributed by atoms with E-state index in [0.717, 1.165) is 0 Å². The molecule has 2 amide bonds. The van der Waals surface area contributed by atoms with Crippen LogP contribution in [0.15, 0.2) is 0 Å². The third kappa shape index (κ3) is 2.51. The Hall–Kier alpha value is -1.89. The summed E-state index contributed by atoms with van der Waals surface area (Å²) in [5.41, 5.74) is 6.67. The van der Waals surface area contributed by atoms with Gasteiger partial charge in [-0.1, -0.05) is 0 Å². The lowest BCUT2D eigenvalue weighted by Crippen LogP contribution is -2.47. The van der Waals surface area contributed by atoms with Gasteiger partial charge in [0.2, 0.25) is 17.1 Å². The number of nitrogens with one attached hydrogen (secondary N) is 2. The highest BCUT2D eigenvalue weighted by molar-refractivity contribution is 6.28. The van der Waals surface area contributed by atoms with Crippen molar-refractivity contribution in [1.82, 2.24) is 15.3 Å². The van der Waals surface area contributed by atoms with Crippen LogP contribution in [0.2, 0.25) is 5.28 Å². The minimum absolute atomic E-state index is 0.0523. The lowest BCUT2D eigenvalue weighted by Gasteiger charge is -2.23. The molecule has 1 aromatic heterocycles. The van der Waals surface area contributed by atoms with Crippen molar-refractivity contribution in [1.29, 1.82) is 0 Å². The summed E-state index contributed by atoms with van der Waals surface area (Å²) in [5.74, 6) is -0.358. The van der Waals surface area contributed by atoms with Crippen molar-refractivity contribution in [2.45, 2.75) is 25.8 Å². The molecule has 0 saturated carbocycles. The topological polar surface area (TPSA) is 110 Å². The van der Waals surface area contributed by atoms with Gasteiger partial charge in [-0.3, -0.25) is 14.9 Å². The SMILES string of the molecule is Cc1nc(Cl)nc(NC2CCC(=O)NC2=O)c1N. The van der Waals surface area contributed by atoms with Crippen molar-refractivity contribution < 1.29 is 9.59 Å². The Bertz CT molecular complexity index is 519. The van der Waals surface area contributed by atoms with E-state index in [0.29, 0.717) is 23.6 Å². The van der Waals surface area contributed by atoms with Crippen LogP contribution in [0.1, 0.15) is 18.5 Å². The number of carbonyl (C=O) groups is 2. The Morgan fingerprint density at radius 1 is 1.44 bits per heavy atom. The molecule has 1 aliphatic rings. The van der Waals surface area contributed by atoms with Crippen molar-refractivity contribution in [3.8, 4) is 0 Å². The summed E-state index contributed by atoms with van der Waals surface area (Å²) in [6, 6.07) is -0.546. The molecule has 1 atom stereocenters. The average Bonchev–Trinajstić information content (AvgIpc) is 2.29. The van der Waals surface area contributed by atoms with Crippen LogP contribution in [0.5, 0.6) is 0 Å². The van der Waals surface area contributed by atoms with Gasteiger partial charge in [0.15, 0.2) is 5.82 Å². The highest BCUT2D eigenvalue weighted by Gasteiger charge is 2.27. The van der Waals surface area contributed by atoms with E-state index in [-0.39, 0.29) is 17.6 Å². The van der Waals surface area contributed by atoms with E-state index in [1.165, 1.54) is 0 Å². The first kappa shape index (κ1) is 12.6. The number of hydrogen-bond donors (Lipinski definition) is 3. The molecular weight excluding hydrogens is 258 g/mol.